The lowest BCUT2D eigenvalue weighted by atomic mass is 9.76. The number of unbranched alkanes of at least 4 members (excludes halogenated alkanes) is 1. The van der Waals surface area contributed by atoms with Gasteiger partial charge in [-0.3, -0.25) is 0 Å². The molecule has 1 saturated carbocycles. The van der Waals surface area contributed by atoms with Gasteiger partial charge in [0.2, 0.25) is 0 Å². The maximum absolute atomic E-state index is 12.1. The zero-order valence-corrected chi connectivity index (χ0v) is 19.1. The van der Waals surface area contributed by atoms with Crippen LogP contribution in [0.3, 0.4) is 0 Å². The Bertz CT molecular complexity index is 967. The summed E-state index contributed by atoms with van der Waals surface area (Å²) in [5.41, 5.74) is 11.9. The van der Waals surface area contributed by atoms with Gasteiger partial charge in [0.1, 0.15) is 0 Å². The van der Waals surface area contributed by atoms with Crippen LogP contribution in [0, 0.1) is 5.92 Å². The van der Waals surface area contributed by atoms with Crippen LogP contribution in [0.1, 0.15) is 60.3 Å². The molecule has 0 saturated heterocycles. The Balaban J connectivity index is 1.39. The Morgan fingerprint density at radius 3 is 2.43 bits per heavy atom. The molecule has 2 unspecified atom stereocenters. The van der Waals surface area contributed by atoms with Gasteiger partial charge in [0.15, 0.2) is 9.84 Å². The van der Waals surface area contributed by atoms with Gasteiger partial charge < -0.3 is 5.73 Å². The fourth-order valence-corrected chi connectivity index (χ4v) is 6.63. The molecule has 2 aromatic carbocycles. The van der Waals surface area contributed by atoms with Crippen molar-refractivity contribution in [3.05, 3.63) is 69.7 Å². The number of sulfone groups is 1. The van der Waals surface area contributed by atoms with Gasteiger partial charge in [-0.2, -0.15) is 0 Å². The SMILES string of the molecule is NC1CCc2ccc(CCCCS(=O)(=O)CC3CC3)cc2C1Cc1ccc(Cl)cc1. The molecule has 1 fully saturated rings. The van der Waals surface area contributed by atoms with Crippen molar-refractivity contribution in [2.75, 3.05) is 11.5 Å². The molecule has 162 valence electrons. The van der Waals surface area contributed by atoms with Gasteiger partial charge in [0.05, 0.1) is 11.5 Å². The van der Waals surface area contributed by atoms with Crippen molar-refractivity contribution >= 4 is 21.4 Å². The number of rotatable bonds is 9. The van der Waals surface area contributed by atoms with Crippen molar-refractivity contribution in [3.63, 3.8) is 0 Å². The van der Waals surface area contributed by atoms with Crippen LogP contribution in [0.2, 0.25) is 5.02 Å². The lowest BCUT2D eigenvalue weighted by Crippen LogP contribution is -2.34. The van der Waals surface area contributed by atoms with Crippen LogP contribution in [0.5, 0.6) is 0 Å². The first-order valence-electron chi connectivity index (χ1n) is 11.2. The van der Waals surface area contributed by atoms with E-state index in [9.17, 15) is 8.42 Å². The van der Waals surface area contributed by atoms with Crippen LogP contribution in [0.25, 0.3) is 0 Å². The topological polar surface area (TPSA) is 60.2 Å². The molecule has 0 aromatic heterocycles. The maximum atomic E-state index is 12.1. The number of hydrogen-bond acceptors (Lipinski definition) is 3. The summed E-state index contributed by atoms with van der Waals surface area (Å²) < 4.78 is 24.3. The summed E-state index contributed by atoms with van der Waals surface area (Å²) in [6, 6.07) is 15.0. The molecule has 2 aliphatic rings. The molecule has 2 aromatic rings. The number of benzene rings is 2. The third-order valence-electron chi connectivity index (χ3n) is 6.60. The number of aryl methyl sites for hydroxylation is 2. The smallest absolute Gasteiger partial charge is 0.150 e. The number of fused-ring (bicyclic) bond motifs is 1. The van der Waals surface area contributed by atoms with E-state index in [0.29, 0.717) is 23.3 Å². The first kappa shape index (κ1) is 21.9. The van der Waals surface area contributed by atoms with Crippen molar-refractivity contribution in [2.45, 2.75) is 63.3 Å². The fraction of sp³-hybridized carbons (Fsp3) is 0.520. The Kier molecular flexibility index (Phi) is 6.86. The van der Waals surface area contributed by atoms with Gasteiger partial charge in [-0.05, 0) is 91.7 Å². The van der Waals surface area contributed by atoms with E-state index in [0.717, 1.165) is 56.4 Å². The highest BCUT2D eigenvalue weighted by Gasteiger charge is 2.28. The summed E-state index contributed by atoms with van der Waals surface area (Å²) in [6.07, 6.45) is 7.75. The highest BCUT2D eigenvalue weighted by atomic mass is 35.5. The summed E-state index contributed by atoms with van der Waals surface area (Å²) in [5.74, 6) is 1.49. The monoisotopic (exact) mass is 445 g/mol. The number of nitrogens with two attached hydrogens (primary N) is 1. The predicted molar refractivity (Wildman–Crippen MR) is 125 cm³/mol. The minimum Gasteiger partial charge on any atom is -0.327 e. The highest BCUT2D eigenvalue weighted by Crippen LogP contribution is 2.35. The van der Waals surface area contributed by atoms with E-state index >= 15 is 0 Å². The second-order valence-corrected chi connectivity index (χ2v) is 11.9. The van der Waals surface area contributed by atoms with Gasteiger partial charge in [-0.1, -0.05) is 41.9 Å². The van der Waals surface area contributed by atoms with E-state index in [2.05, 4.69) is 30.3 Å². The highest BCUT2D eigenvalue weighted by molar-refractivity contribution is 7.91. The first-order chi connectivity index (χ1) is 14.4. The summed E-state index contributed by atoms with van der Waals surface area (Å²) in [5, 5.41) is 0.758. The second-order valence-electron chi connectivity index (χ2n) is 9.19. The minimum atomic E-state index is -2.87. The molecule has 2 atom stereocenters. The molecule has 2 N–H and O–H groups in total. The zero-order valence-electron chi connectivity index (χ0n) is 17.5. The van der Waals surface area contributed by atoms with Crippen molar-refractivity contribution < 1.29 is 8.42 Å². The normalized spacial score (nSPS) is 21.4. The van der Waals surface area contributed by atoms with Crippen LogP contribution in [-0.4, -0.2) is 26.0 Å². The molecule has 0 spiro atoms. The van der Waals surface area contributed by atoms with Crippen LogP contribution in [-0.2, 0) is 29.1 Å². The van der Waals surface area contributed by atoms with E-state index < -0.39 is 9.84 Å². The maximum Gasteiger partial charge on any atom is 0.150 e. The van der Waals surface area contributed by atoms with E-state index in [1.165, 1.54) is 22.3 Å². The van der Waals surface area contributed by atoms with Crippen LogP contribution in [0.4, 0.5) is 0 Å². The quantitative estimate of drug-likeness (QED) is 0.547. The zero-order chi connectivity index (χ0) is 21.1. The molecule has 2 aliphatic carbocycles. The van der Waals surface area contributed by atoms with Crippen LogP contribution >= 0.6 is 11.6 Å². The van der Waals surface area contributed by atoms with Crippen molar-refractivity contribution in [3.8, 4) is 0 Å². The lowest BCUT2D eigenvalue weighted by molar-refractivity contribution is 0.467. The van der Waals surface area contributed by atoms with E-state index in [-0.39, 0.29) is 6.04 Å². The Morgan fingerprint density at radius 2 is 1.70 bits per heavy atom. The van der Waals surface area contributed by atoms with Crippen LogP contribution < -0.4 is 5.73 Å². The fourth-order valence-electron chi connectivity index (χ4n) is 4.64. The second kappa shape index (κ2) is 9.42. The van der Waals surface area contributed by atoms with Gasteiger partial charge in [0, 0.05) is 17.0 Å². The largest absolute Gasteiger partial charge is 0.327 e. The van der Waals surface area contributed by atoms with E-state index in [1.807, 2.05) is 12.1 Å². The van der Waals surface area contributed by atoms with Gasteiger partial charge in [0.25, 0.3) is 0 Å². The molecule has 3 nitrogen and oxygen atoms in total. The molecule has 0 aliphatic heterocycles. The molecule has 5 heteroatoms. The minimum absolute atomic E-state index is 0.163. The van der Waals surface area contributed by atoms with Crippen molar-refractivity contribution in [1.82, 2.24) is 0 Å². The van der Waals surface area contributed by atoms with Crippen LogP contribution in [0.15, 0.2) is 42.5 Å². The van der Waals surface area contributed by atoms with Crippen molar-refractivity contribution in [1.29, 1.82) is 0 Å². The van der Waals surface area contributed by atoms with Gasteiger partial charge in [-0.25, -0.2) is 8.42 Å². The molecule has 4 rings (SSSR count). The van der Waals surface area contributed by atoms with Gasteiger partial charge in [-0.15, -0.1) is 0 Å². The first-order valence-corrected chi connectivity index (χ1v) is 13.4. The number of halogens is 1. The number of hydrogen-bond donors (Lipinski definition) is 1. The van der Waals surface area contributed by atoms with E-state index in [1.54, 1.807) is 0 Å². The van der Waals surface area contributed by atoms with Gasteiger partial charge >= 0.3 is 0 Å². The summed E-state index contributed by atoms with van der Waals surface area (Å²) >= 11 is 6.04. The molecular formula is C25H32ClNO2S. The third-order valence-corrected chi connectivity index (χ3v) is 8.74. The Hall–Kier alpha value is -1.36. The lowest BCUT2D eigenvalue weighted by Gasteiger charge is -2.32. The summed E-state index contributed by atoms with van der Waals surface area (Å²) in [7, 11) is -2.87. The standard InChI is InChI=1S/C25H32ClNO2S/c26-22-11-7-19(8-12-22)16-24-23-15-18(6-9-21(23)10-13-25(24)27)3-1-2-14-30(28,29)17-20-4-5-20/h6-9,11-12,15,20,24-25H,1-5,10,13-14,16-17,27H2. The van der Waals surface area contributed by atoms with Crippen molar-refractivity contribution in [2.24, 2.45) is 11.7 Å². The van der Waals surface area contributed by atoms with E-state index in [4.69, 9.17) is 17.3 Å². The average Bonchev–Trinajstić information content (AvgIpc) is 3.52. The third kappa shape index (κ3) is 5.87. The predicted octanol–water partition coefficient (Wildman–Crippen LogP) is 5.09. The summed E-state index contributed by atoms with van der Waals surface area (Å²) in [4.78, 5) is 0. The summed E-state index contributed by atoms with van der Waals surface area (Å²) in [6.45, 7) is 0. The average molecular weight is 446 g/mol. The molecule has 0 amide bonds. The molecule has 0 heterocycles. The molecule has 0 bridgehead atoms. The molecular weight excluding hydrogens is 414 g/mol. The molecule has 30 heavy (non-hydrogen) atoms. The Labute approximate surface area is 185 Å². The molecule has 0 radical (unpaired) electrons. The Morgan fingerprint density at radius 1 is 0.967 bits per heavy atom.